The van der Waals surface area contributed by atoms with Crippen molar-refractivity contribution in [3.8, 4) is 0 Å². The molecule has 63 valence electrons. The third-order valence-corrected chi connectivity index (χ3v) is 3.25. The summed E-state index contributed by atoms with van der Waals surface area (Å²) in [6.45, 7) is 0. The number of halogens is 2. The first-order valence-electron chi connectivity index (χ1n) is 3.55. The van der Waals surface area contributed by atoms with Crippen molar-refractivity contribution in [1.29, 1.82) is 0 Å². The average molecular weight is 277 g/mol. The van der Waals surface area contributed by atoms with E-state index in [2.05, 4.69) is 24.4 Å². The fourth-order valence-corrected chi connectivity index (χ4v) is 1.83. The van der Waals surface area contributed by atoms with Crippen LogP contribution in [0.25, 0.3) is 0 Å². The van der Waals surface area contributed by atoms with Gasteiger partial charge in [-0.25, -0.2) is 0 Å². The number of hydrogen-bond donors (Lipinski definition) is 0. The van der Waals surface area contributed by atoms with Gasteiger partial charge in [0.25, 0.3) is 0 Å². The van der Waals surface area contributed by atoms with Crippen molar-refractivity contribution in [3.63, 3.8) is 0 Å². The molecule has 0 aromatic heterocycles. The van der Waals surface area contributed by atoms with Crippen LogP contribution in [0.3, 0.4) is 0 Å². The van der Waals surface area contributed by atoms with Gasteiger partial charge in [0, 0.05) is 0 Å². The Bertz CT molecular complexity index is 196. The Morgan fingerprint density at radius 2 is 2.18 bits per heavy atom. The van der Waals surface area contributed by atoms with Gasteiger partial charge in [0.2, 0.25) is 0 Å². The van der Waals surface area contributed by atoms with Gasteiger partial charge in [-0.1, -0.05) is 0 Å². The zero-order chi connectivity index (χ0) is 8.27. The molecule has 0 aromatic rings. The van der Waals surface area contributed by atoms with Crippen molar-refractivity contribution in [2.24, 2.45) is 0 Å². The van der Waals surface area contributed by atoms with Crippen molar-refractivity contribution < 1.29 is 18.3 Å². The molecule has 1 rings (SSSR count). The molecule has 1 unspecified atom stereocenters. The normalized spacial score (nSPS) is 36.1. The summed E-state index contributed by atoms with van der Waals surface area (Å²) in [5.74, 6) is 0. The molecule has 11 heavy (non-hydrogen) atoms. The fourth-order valence-electron chi connectivity index (χ4n) is 0.940. The molecule has 1 atom stereocenters. The van der Waals surface area contributed by atoms with Crippen LogP contribution in [0.1, 0.15) is 19.3 Å². The van der Waals surface area contributed by atoms with Crippen LogP contribution in [0.15, 0.2) is 22.2 Å². The van der Waals surface area contributed by atoms with Gasteiger partial charge in [-0.15, -0.1) is 0 Å². The molecule has 0 bridgehead atoms. The minimum atomic E-state index is 0.563. The van der Waals surface area contributed by atoms with E-state index in [4.69, 9.17) is 23.2 Å². The van der Waals surface area contributed by atoms with E-state index < -0.39 is 0 Å². The molecule has 0 nitrogen and oxygen atoms in total. The van der Waals surface area contributed by atoms with Crippen LogP contribution >= 0.6 is 23.2 Å². The molecule has 3 heteroatoms. The summed E-state index contributed by atoms with van der Waals surface area (Å²) in [5, 5.41) is 1.49. The Labute approximate surface area is 87.3 Å². The predicted octanol–water partition coefficient (Wildman–Crippen LogP) is 3.75. The van der Waals surface area contributed by atoms with Crippen molar-refractivity contribution >= 4 is 23.2 Å². The molecule has 0 radical (unpaired) electrons. The topological polar surface area (TPSA) is 0 Å². The van der Waals surface area contributed by atoms with Crippen LogP contribution in [0.2, 0.25) is 4.51 Å². The van der Waals surface area contributed by atoms with Gasteiger partial charge in [0.1, 0.15) is 0 Å². The molecular weight excluding hydrogens is 268 g/mol. The maximum atomic E-state index is 5.88. The number of hydrogen-bond acceptors (Lipinski definition) is 0. The second-order valence-electron chi connectivity index (χ2n) is 2.50. The average Bonchev–Trinajstić information content (AvgIpc) is 1.98. The van der Waals surface area contributed by atoms with E-state index in [1.54, 1.807) is 0 Å². The van der Waals surface area contributed by atoms with Gasteiger partial charge in [-0.2, -0.15) is 0 Å². The van der Waals surface area contributed by atoms with Gasteiger partial charge in [-0.05, 0) is 0 Å². The molecular formula is C8H9Cl2Ru. The minimum absolute atomic E-state index is 0.563. The number of allylic oxidation sites excluding steroid dienone is 4. The molecule has 0 saturated heterocycles. The van der Waals surface area contributed by atoms with Crippen LogP contribution in [0, 0.1) is 0 Å². The maximum absolute atomic E-state index is 5.88. The van der Waals surface area contributed by atoms with Crippen molar-refractivity contribution in [2.45, 2.75) is 23.8 Å². The predicted molar refractivity (Wildman–Crippen MR) is 45.5 cm³/mol. The van der Waals surface area contributed by atoms with Crippen LogP contribution in [0.4, 0.5) is 0 Å². The van der Waals surface area contributed by atoms with E-state index in [1.807, 2.05) is 6.08 Å². The fraction of sp³-hybridized carbons (Fsp3) is 0.500. The van der Waals surface area contributed by atoms with Gasteiger partial charge in [0.05, 0.1) is 0 Å². The zero-order valence-electron chi connectivity index (χ0n) is 5.96. The van der Waals surface area contributed by atoms with Crippen LogP contribution in [0.5, 0.6) is 0 Å². The summed E-state index contributed by atoms with van der Waals surface area (Å²) in [5.41, 5.74) is 0. The summed E-state index contributed by atoms with van der Waals surface area (Å²) in [6, 6.07) is 0. The molecule has 1 aliphatic carbocycles. The van der Waals surface area contributed by atoms with Gasteiger partial charge in [-0.3, -0.25) is 0 Å². The Hall–Kier alpha value is 0.683. The second-order valence-corrected chi connectivity index (χ2v) is 4.65. The summed E-state index contributed by atoms with van der Waals surface area (Å²) >= 11 is 14.4. The third kappa shape index (κ3) is 3.27. The Morgan fingerprint density at radius 1 is 1.45 bits per heavy atom. The zero-order valence-corrected chi connectivity index (χ0v) is 9.21. The summed E-state index contributed by atoms with van der Waals surface area (Å²) in [4.78, 5) is 0. The van der Waals surface area contributed by atoms with Crippen molar-refractivity contribution in [2.75, 3.05) is 0 Å². The molecule has 0 aromatic carbocycles. The van der Waals surface area contributed by atoms with Gasteiger partial charge < -0.3 is 0 Å². The molecule has 0 aliphatic heterocycles. The van der Waals surface area contributed by atoms with E-state index in [1.165, 1.54) is 6.42 Å². The Kier molecular flexibility index (Phi) is 4.13. The number of rotatable bonds is 0. The van der Waals surface area contributed by atoms with Gasteiger partial charge >= 0.3 is 87.5 Å². The Morgan fingerprint density at radius 3 is 2.91 bits per heavy atom. The summed E-state index contributed by atoms with van der Waals surface area (Å²) < 4.78 is 0.563. The molecule has 0 amide bonds. The summed E-state index contributed by atoms with van der Waals surface area (Å²) in [7, 11) is 0. The van der Waals surface area contributed by atoms with E-state index in [9.17, 15) is 0 Å². The quantitative estimate of drug-likeness (QED) is 0.591. The molecule has 1 aliphatic rings. The van der Waals surface area contributed by atoms with Crippen LogP contribution in [-0.2, 0) is 18.3 Å². The molecule has 0 spiro atoms. The standard InChI is InChI=1S/C8H9Cl2.Ru/c9-7-5-3-1-2-4-6-8(7)10;/h1,3,5H,2,4,6H2;/b5-3-,8-7-;. The van der Waals surface area contributed by atoms with E-state index in [0.29, 0.717) is 9.54 Å². The van der Waals surface area contributed by atoms with E-state index in [0.717, 1.165) is 17.9 Å². The first-order valence-corrected chi connectivity index (χ1v) is 5.31. The second kappa shape index (κ2) is 4.65. The molecule has 0 fully saturated rings. The van der Waals surface area contributed by atoms with Crippen LogP contribution in [-0.4, -0.2) is 0 Å². The van der Waals surface area contributed by atoms with Crippen LogP contribution < -0.4 is 0 Å². The first kappa shape index (κ1) is 9.77. The van der Waals surface area contributed by atoms with Gasteiger partial charge in [0.15, 0.2) is 0 Å². The third-order valence-electron chi connectivity index (χ3n) is 1.57. The van der Waals surface area contributed by atoms with Crippen molar-refractivity contribution in [3.05, 3.63) is 22.2 Å². The van der Waals surface area contributed by atoms with E-state index >= 15 is 0 Å². The van der Waals surface area contributed by atoms with Crippen molar-refractivity contribution in [1.82, 2.24) is 0 Å². The monoisotopic (exact) mass is 277 g/mol. The molecule has 0 N–H and O–H groups in total. The SMILES string of the molecule is ClC1=C(\Cl)CCC[CH]([Ru])/C=C\1. The molecule has 0 saturated carbocycles. The molecule has 0 heterocycles. The Balaban J connectivity index is 2.72. The van der Waals surface area contributed by atoms with E-state index in [-0.39, 0.29) is 0 Å². The summed E-state index contributed by atoms with van der Waals surface area (Å²) in [6.07, 6.45) is 7.19. The first-order chi connectivity index (χ1) is 5.20.